The molecule has 0 bridgehead atoms. The molecule has 1 atom stereocenters. The molecule has 7 nitrogen and oxygen atoms in total. The summed E-state index contributed by atoms with van der Waals surface area (Å²) in [5.41, 5.74) is 1.99. The van der Waals surface area contributed by atoms with E-state index in [2.05, 4.69) is 5.32 Å². The third-order valence-electron chi connectivity index (χ3n) is 5.23. The molecule has 0 radical (unpaired) electrons. The van der Waals surface area contributed by atoms with Gasteiger partial charge < -0.3 is 15.0 Å². The van der Waals surface area contributed by atoms with E-state index in [1.54, 1.807) is 11.9 Å². The molecule has 2 aromatic carbocycles. The minimum atomic E-state index is -0.380. The van der Waals surface area contributed by atoms with Crippen molar-refractivity contribution in [2.45, 2.75) is 32.9 Å². The Kier molecular flexibility index (Phi) is 5.44. The molecular weight excluding hydrogens is 380 g/mol. The monoisotopic (exact) mass is 406 g/mol. The van der Waals surface area contributed by atoms with Gasteiger partial charge in [-0.25, -0.2) is 0 Å². The number of hydrogen-bond donors (Lipinski definition) is 1. The topological polar surface area (TPSA) is 76.5 Å². The molecule has 4 rings (SSSR count). The number of benzene rings is 2. The minimum Gasteiger partial charge on any atom is -0.490 e. The zero-order valence-corrected chi connectivity index (χ0v) is 17.5. The van der Waals surface area contributed by atoms with Crippen molar-refractivity contribution >= 4 is 28.5 Å². The first-order valence-corrected chi connectivity index (χ1v) is 10.2. The first kappa shape index (κ1) is 19.9. The fourth-order valence-electron chi connectivity index (χ4n) is 3.77. The van der Waals surface area contributed by atoms with Crippen molar-refractivity contribution in [2.24, 2.45) is 5.92 Å². The van der Waals surface area contributed by atoms with Crippen LogP contribution in [0.15, 0.2) is 48.5 Å². The van der Waals surface area contributed by atoms with Gasteiger partial charge in [0, 0.05) is 20.0 Å². The van der Waals surface area contributed by atoms with Gasteiger partial charge in [0.2, 0.25) is 11.8 Å². The zero-order chi connectivity index (χ0) is 21.3. The third-order valence-corrected chi connectivity index (χ3v) is 5.23. The lowest BCUT2D eigenvalue weighted by molar-refractivity contribution is -0.127. The van der Waals surface area contributed by atoms with Gasteiger partial charge in [0.1, 0.15) is 5.75 Å². The lowest BCUT2D eigenvalue weighted by atomic mass is 10.1. The van der Waals surface area contributed by atoms with E-state index in [9.17, 15) is 9.59 Å². The van der Waals surface area contributed by atoms with Crippen LogP contribution in [-0.4, -0.2) is 46.2 Å². The second kappa shape index (κ2) is 8.18. The maximum atomic E-state index is 12.9. The molecule has 1 N–H and O–H groups in total. The number of aromatic nitrogens is 2. The first-order valence-electron chi connectivity index (χ1n) is 10.2. The second-order valence-corrected chi connectivity index (χ2v) is 7.97. The number of rotatable bonds is 6. The number of ether oxygens (including phenoxy) is 1. The van der Waals surface area contributed by atoms with Crippen molar-refractivity contribution in [3.05, 3.63) is 54.1 Å². The van der Waals surface area contributed by atoms with Crippen LogP contribution in [0.1, 0.15) is 25.8 Å². The van der Waals surface area contributed by atoms with Gasteiger partial charge in [-0.05, 0) is 31.5 Å². The highest BCUT2D eigenvalue weighted by atomic mass is 16.5. The van der Waals surface area contributed by atoms with Gasteiger partial charge in [0.15, 0.2) is 5.82 Å². The molecule has 3 aromatic rings. The number of fused-ring (bicyclic) bond motifs is 1. The lowest BCUT2D eigenvalue weighted by Crippen LogP contribution is -2.26. The molecule has 2 heterocycles. The number of anilines is 1. The average molecular weight is 406 g/mol. The van der Waals surface area contributed by atoms with Crippen molar-refractivity contribution in [1.29, 1.82) is 0 Å². The molecule has 1 aliphatic heterocycles. The van der Waals surface area contributed by atoms with E-state index in [1.807, 2.05) is 67.1 Å². The SMILES string of the molecule is CC(C)Oc1cccc2c1c(NC(=O)C1CC(=O)N(C)C1)nn2Cc1ccccc1. The smallest absolute Gasteiger partial charge is 0.231 e. The van der Waals surface area contributed by atoms with Crippen LogP contribution in [-0.2, 0) is 16.1 Å². The highest BCUT2D eigenvalue weighted by Crippen LogP contribution is 2.34. The normalized spacial score (nSPS) is 16.5. The molecule has 156 valence electrons. The summed E-state index contributed by atoms with van der Waals surface area (Å²) in [6.07, 6.45) is 0.207. The number of nitrogens with one attached hydrogen (secondary N) is 1. The molecule has 1 aliphatic rings. The fraction of sp³-hybridized carbons (Fsp3) is 0.348. The number of hydrogen-bond acceptors (Lipinski definition) is 4. The summed E-state index contributed by atoms with van der Waals surface area (Å²) in [4.78, 5) is 26.3. The van der Waals surface area contributed by atoms with Crippen LogP contribution >= 0.6 is 0 Å². The maximum absolute atomic E-state index is 12.9. The van der Waals surface area contributed by atoms with Crippen molar-refractivity contribution < 1.29 is 14.3 Å². The largest absolute Gasteiger partial charge is 0.490 e. The van der Waals surface area contributed by atoms with Crippen LogP contribution in [0.3, 0.4) is 0 Å². The Morgan fingerprint density at radius 2 is 1.97 bits per heavy atom. The van der Waals surface area contributed by atoms with Gasteiger partial charge in [-0.2, -0.15) is 5.10 Å². The molecule has 1 saturated heterocycles. The molecule has 0 saturated carbocycles. The highest BCUT2D eigenvalue weighted by molar-refractivity contribution is 6.04. The van der Waals surface area contributed by atoms with E-state index in [1.165, 1.54) is 0 Å². The van der Waals surface area contributed by atoms with E-state index in [4.69, 9.17) is 9.84 Å². The van der Waals surface area contributed by atoms with Crippen molar-refractivity contribution in [2.75, 3.05) is 18.9 Å². The Morgan fingerprint density at radius 3 is 2.63 bits per heavy atom. The average Bonchev–Trinajstić information content (AvgIpc) is 3.23. The first-order chi connectivity index (χ1) is 14.4. The second-order valence-electron chi connectivity index (χ2n) is 7.97. The lowest BCUT2D eigenvalue weighted by Gasteiger charge is -2.13. The van der Waals surface area contributed by atoms with Gasteiger partial charge in [0.05, 0.1) is 29.5 Å². The Labute approximate surface area is 175 Å². The molecule has 1 aromatic heterocycles. The standard InChI is InChI=1S/C23H26N4O3/c1-15(2)30-19-11-7-10-18-21(19)22(24-23(29)17-12-20(28)26(3)14-17)25-27(18)13-16-8-5-4-6-9-16/h4-11,15,17H,12-14H2,1-3H3,(H,24,25,29). The molecule has 1 fully saturated rings. The van der Waals surface area contributed by atoms with Crippen molar-refractivity contribution in [3.8, 4) is 5.75 Å². The van der Waals surface area contributed by atoms with Gasteiger partial charge in [-0.15, -0.1) is 0 Å². The summed E-state index contributed by atoms with van der Waals surface area (Å²) in [5, 5.41) is 8.44. The molecular formula is C23H26N4O3. The number of nitrogens with zero attached hydrogens (tertiary/aromatic N) is 3. The van der Waals surface area contributed by atoms with Crippen LogP contribution in [0.5, 0.6) is 5.75 Å². The molecule has 0 spiro atoms. The number of likely N-dealkylation sites (tertiary alicyclic amines) is 1. The van der Waals surface area contributed by atoms with Crippen molar-refractivity contribution in [1.82, 2.24) is 14.7 Å². The van der Waals surface area contributed by atoms with Crippen molar-refractivity contribution in [3.63, 3.8) is 0 Å². The molecule has 0 aliphatic carbocycles. The molecule has 1 unspecified atom stereocenters. The fourth-order valence-corrected chi connectivity index (χ4v) is 3.77. The van der Waals surface area contributed by atoms with E-state index in [0.29, 0.717) is 24.7 Å². The number of amides is 2. The predicted molar refractivity (Wildman–Crippen MR) is 115 cm³/mol. The van der Waals surface area contributed by atoms with Crippen LogP contribution in [0.2, 0.25) is 0 Å². The van der Waals surface area contributed by atoms with Crippen LogP contribution in [0.25, 0.3) is 10.9 Å². The summed E-state index contributed by atoms with van der Waals surface area (Å²) in [6, 6.07) is 15.8. The van der Waals surface area contributed by atoms with Crippen LogP contribution < -0.4 is 10.1 Å². The number of carbonyl (C=O) groups excluding carboxylic acids is 2. The Hall–Kier alpha value is -3.35. The van der Waals surface area contributed by atoms with Crippen LogP contribution in [0, 0.1) is 5.92 Å². The third kappa shape index (κ3) is 4.01. The van der Waals surface area contributed by atoms with Gasteiger partial charge >= 0.3 is 0 Å². The predicted octanol–water partition coefficient (Wildman–Crippen LogP) is 3.29. The zero-order valence-electron chi connectivity index (χ0n) is 17.5. The Morgan fingerprint density at radius 1 is 1.20 bits per heavy atom. The summed E-state index contributed by atoms with van der Waals surface area (Å²) in [7, 11) is 1.72. The molecule has 7 heteroatoms. The summed E-state index contributed by atoms with van der Waals surface area (Å²) < 4.78 is 7.88. The van der Waals surface area contributed by atoms with Gasteiger partial charge in [-0.3, -0.25) is 14.3 Å². The van der Waals surface area contributed by atoms with E-state index < -0.39 is 0 Å². The van der Waals surface area contributed by atoms with E-state index in [0.717, 1.165) is 16.5 Å². The highest BCUT2D eigenvalue weighted by Gasteiger charge is 2.33. The molecule has 2 amide bonds. The van der Waals surface area contributed by atoms with Gasteiger partial charge in [0.25, 0.3) is 0 Å². The minimum absolute atomic E-state index is 0.0153. The maximum Gasteiger partial charge on any atom is 0.231 e. The summed E-state index contributed by atoms with van der Waals surface area (Å²) in [6.45, 7) is 4.92. The Bertz CT molecular complexity index is 1070. The quantitative estimate of drug-likeness (QED) is 0.682. The summed E-state index contributed by atoms with van der Waals surface area (Å²) in [5.74, 6) is 0.549. The summed E-state index contributed by atoms with van der Waals surface area (Å²) >= 11 is 0. The van der Waals surface area contributed by atoms with E-state index in [-0.39, 0.29) is 30.3 Å². The van der Waals surface area contributed by atoms with Crippen LogP contribution in [0.4, 0.5) is 5.82 Å². The number of carbonyl (C=O) groups is 2. The Balaban J connectivity index is 1.71. The van der Waals surface area contributed by atoms with E-state index >= 15 is 0 Å². The molecule has 30 heavy (non-hydrogen) atoms. The van der Waals surface area contributed by atoms with Gasteiger partial charge in [-0.1, -0.05) is 36.4 Å².